The van der Waals surface area contributed by atoms with E-state index in [1.807, 2.05) is 0 Å². The summed E-state index contributed by atoms with van der Waals surface area (Å²) in [6, 6.07) is 1.60. The summed E-state index contributed by atoms with van der Waals surface area (Å²) in [4.78, 5) is 0. The van der Waals surface area contributed by atoms with E-state index >= 15 is 0 Å². The normalized spacial score (nSPS) is 14.0. The van der Waals surface area contributed by atoms with Crippen LogP contribution < -0.4 is 5.73 Å². The van der Waals surface area contributed by atoms with Crippen LogP contribution in [0.5, 0.6) is 0 Å². The second kappa shape index (κ2) is 5.64. The molecule has 0 aliphatic rings. The van der Waals surface area contributed by atoms with Gasteiger partial charge in [-0.3, -0.25) is 0 Å². The van der Waals surface area contributed by atoms with Crippen molar-refractivity contribution in [2.75, 3.05) is 14.2 Å². The van der Waals surface area contributed by atoms with Gasteiger partial charge in [0.25, 0.3) is 0 Å². The highest BCUT2D eigenvalue weighted by Gasteiger charge is 2.35. The van der Waals surface area contributed by atoms with E-state index in [9.17, 15) is 17.6 Å². The molecule has 2 N–H and O–H groups in total. The Morgan fingerprint density at radius 3 is 2.17 bits per heavy atom. The molecule has 18 heavy (non-hydrogen) atoms. The zero-order valence-corrected chi connectivity index (χ0v) is 9.79. The summed E-state index contributed by atoms with van der Waals surface area (Å²) < 4.78 is 60.3. The molecule has 1 unspecified atom stereocenters. The summed E-state index contributed by atoms with van der Waals surface area (Å²) >= 11 is 0. The third-order valence-corrected chi connectivity index (χ3v) is 2.44. The zero-order chi connectivity index (χ0) is 13.9. The van der Waals surface area contributed by atoms with Crippen LogP contribution in [0.2, 0.25) is 0 Å². The van der Waals surface area contributed by atoms with E-state index < -0.39 is 29.9 Å². The number of ether oxygens (including phenoxy) is 2. The summed E-state index contributed by atoms with van der Waals surface area (Å²) in [6.45, 7) is 0. The van der Waals surface area contributed by atoms with E-state index in [1.54, 1.807) is 0 Å². The summed E-state index contributed by atoms with van der Waals surface area (Å²) in [7, 11) is 2.62. The topological polar surface area (TPSA) is 44.5 Å². The van der Waals surface area contributed by atoms with Gasteiger partial charge in [-0.25, -0.2) is 4.39 Å². The fraction of sp³-hybridized carbons (Fsp3) is 0.455. The average molecular weight is 267 g/mol. The van der Waals surface area contributed by atoms with E-state index in [0.29, 0.717) is 6.07 Å². The van der Waals surface area contributed by atoms with E-state index in [1.165, 1.54) is 20.3 Å². The Morgan fingerprint density at radius 2 is 1.72 bits per heavy atom. The Labute approximate surface area is 101 Å². The molecule has 1 aromatic carbocycles. The lowest BCUT2D eigenvalue weighted by Crippen LogP contribution is -2.30. The number of hydrogen-bond donors (Lipinski definition) is 1. The molecule has 0 amide bonds. The Balaban J connectivity index is 3.12. The fourth-order valence-electron chi connectivity index (χ4n) is 1.51. The van der Waals surface area contributed by atoms with Crippen molar-refractivity contribution in [1.82, 2.24) is 0 Å². The number of hydrogen-bond acceptors (Lipinski definition) is 3. The SMILES string of the molecule is COC(OC)C(N)c1ccc(F)c(C(F)(F)F)c1. The molecule has 1 rings (SSSR count). The van der Waals surface area contributed by atoms with E-state index in [0.717, 1.165) is 6.07 Å². The minimum Gasteiger partial charge on any atom is -0.354 e. The van der Waals surface area contributed by atoms with Gasteiger partial charge in [-0.05, 0) is 17.7 Å². The molecule has 0 aromatic heterocycles. The van der Waals surface area contributed by atoms with E-state index in [2.05, 4.69) is 0 Å². The highest BCUT2D eigenvalue weighted by Crippen LogP contribution is 2.33. The molecular formula is C11H13F4NO2. The molecule has 7 heteroatoms. The van der Waals surface area contributed by atoms with Crippen molar-refractivity contribution in [2.45, 2.75) is 18.5 Å². The van der Waals surface area contributed by atoms with Gasteiger partial charge in [0.2, 0.25) is 0 Å². The van der Waals surface area contributed by atoms with Crippen LogP contribution in [0.3, 0.4) is 0 Å². The van der Waals surface area contributed by atoms with Gasteiger partial charge in [-0.15, -0.1) is 0 Å². The first-order valence-electron chi connectivity index (χ1n) is 4.99. The van der Waals surface area contributed by atoms with Gasteiger partial charge in [-0.2, -0.15) is 13.2 Å². The second-order valence-electron chi connectivity index (χ2n) is 3.60. The van der Waals surface area contributed by atoms with Gasteiger partial charge in [0.05, 0.1) is 11.6 Å². The molecule has 0 heterocycles. The van der Waals surface area contributed by atoms with Crippen LogP contribution in [0.1, 0.15) is 17.2 Å². The largest absolute Gasteiger partial charge is 0.419 e. The lowest BCUT2D eigenvalue weighted by atomic mass is 10.0. The van der Waals surface area contributed by atoms with Crippen molar-refractivity contribution in [3.05, 3.63) is 35.1 Å². The van der Waals surface area contributed by atoms with Crippen molar-refractivity contribution in [3.8, 4) is 0 Å². The molecule has 0 saturated heterocycles. The molecule has 0 aliphatic carbocycles. The Bertz CT molecular complexity index is 405. The lowest BCUT2D eigenvalue weighted by molar-refractivity contribution is -0.140. The monoisotopic (exact) mass is 267 g/mol. The van der Waals surface area contributed by atoms with Crippen LogP contribution in [0.15, 0.2) is 18.2 Å². The molecule has 1 aromatic rings. The van der Waals surface area contributed by atoms with Crippen LogP contribution in [0, 0.1) is 5.82 Å². The molecular weight excluding hydrogens is 254 g/mol. The highest BCUT2D eigenvalue weighted by molar-refractivity contribution is 5.29. The van der Waals surface area contributed by atoms with E-state index in [-0.39, 0.29) is 5.56 Å². The maximum absolute atomic E-state index is 13.1. The first-order chi connectivity index (χ1) is 8.31. The fourth-order valence-corrected chi connectivity index (χ4v) is 1.51. The van der Waals surface area contributed by atoms with Gasteiger partial charge in [0.1, 0.15) is 5.82 Å². The Hall–Kier alpha value is -1.18. The smallest absolute Gasteiger partial charge is 0.354 e. The zero-order valence-electron chi connectivity index (χ0n) is 9.79. The lowest BCUT2D eigenvalue weighted by Gasteiger charge is -2.22. The number of halogens is 4. The highest BCUT2D eigenvalue weighted by atomic mass is 19.4. The van der Waals surface area contributed by atoms with E-state index in [4.69, 9.17) is 15.2 Å². The molecule has 0 saturated carbocycles. The predicted molar refractivity (Wildman–Crippen MR) is 56.1 cm³/mol. The van der Waals surface area contributed by atoms with Gasteiger partial charge in [-0.1, -0.05) is 6.07 Å². The quantitative estimate of drug-likeness (QED) is 0.673. The standard InChI is InChI=1S/C11H13F4NO2/c1-17-10(18-2)9(16)6-3-4-8(12)7(5-6)11(13,14)15/h3-5,9-10H,16H2,1-2H3. The first-order valence-corrected chi connectivity index (χ1v) is 4.99. The summed E-state index contributed by atoms with van der Waals surface area (Å²) in [5.74, 6) is -1.34. The maximum Gasteiger partial charge on any atom is 0.419 e. The van der Waals surface area contributed by atoms with Crippen LogP contribution >= 0.6 is 0 Å². The summed E-state index contributed by atoms with van der Waals surface area (Å²) in [6.07, 6.45) is -5.67. The van der Waals surface area contributed by atoms with Gasteiger partial charge in [0, 0.05) is 14.2 Å². The minimum atomic E-state index is -4.77. The molecule has 0 radical (unpaired) electrons. The number of methoxy groups -OCH3 is 2. The van der Waals surface area contributed by atoms with Crippen LogP contribution in [-0.2, 0) is 15.7 Å². The van der Waals surface area contributed by atoms with Crippen molar-refractivity contribution in [3.63, 3.8) is 0 Å². The van der Waals surface area contributed by atoms with Crippen molar-refractivity contribution in [2.24, 2.45) is 5.73 Å². The second-order valence-corrected chi connectivity index (χ2v) is 3.60. The third kappa shape index (κ3) is 3.18. The Morgan fingerprint density at radius 1 is 1.17 bits per heavy atom. The average Bonchev–Trinajstić information content (AvgIpc) is 2.29. The van der Waals surface area contributed by atoms with Gasteiger partial charge >= 0.3 is 6.18 Å². The predicted octanol–water partition coefficient (Wildman–Crippen LogP) is 2.46. The van der Waals surface area contributed by atoms with Crippen LogP contribution in [-0.4, -0.2) is 20.5 Å². The number of rotatable bonds is 4. The first kappa shape index (κ1) is 14.9. The maximum atomic E-state index is 13.1. The van der Waals surface area contributed by atoms with Gasteiger partial charge < -0.3 is 15.2 Å². The summed E-state index contributed by atoms with van der Waals surface area (Å²) in [5, 5.41) is 0. The van der Waals surface area contributed by atoms with Crippen molar-refractivity contribution < 1.29 is 27.0 Å². The molecule has 0 fully saturated rings. The summed E-state index contributed by atoms with van der Waals surface area (Å²) in [5.41, 5.74) is 4.40. The van der Waals surface area contributed by atoms with Crippen LogP contribution in [0.4, 0.5) is 17.6 Å². The number of nitrogens with two attached hydrogens (primary N) is 1. The number of alkyl halides is 3. The van der Waals surface area contributed by atoms with Crippen molar-refractivity contribution >= 4 is 0 Å². The number of benzene rings is 1. The minimum absolute atomic E-state index is 0.0809. The Kier molecular flexibility index (Phi) is 4.66. The molecule has 1 atom stereocenters. The molecule has 3 nitrogen and oxygen atoms in total. The van der Waals surface area contributed by atoms with Gasteiger partial charge in [0.15, 0.2) is 6.29 Å². The third-order valence-electron chi connectivity index (χ3n) is 2.44. The molecule has 0 aliphatic heterocycles. The van der Waals surface area contributed by atoms with Crippen molar-refractivity contribution in [1.29, 1.82) is 0 Å². The molecule has 0 spiro atoms. The molecule has 102 valence electrons. The van der Waals surface area contributed by atoms with Crippen LogP contribution in [0.25, 0.3) is 0 Å². The molecule has 0 bridgehead atoms.